The van der Waals surface area contributed by atoms with E-state index in [1.54, 1.807) is 0 Å². The van der Waals surface area contributed by atoms with Crippen molar-refractivity contribution in [2.24, 2.45) is 0 Å². The van der Waals surface area contributed by atoms with Gasteiger partial charge in [-0.25, -0.2) is 5.43 Å². The largest absolute Gasteiger partial charge is 0.471 e. The summed E-state index contributed by atoms with van der Waals surface area (Å²) in [7, 11) is 1.39. The van der Waals surface area contributed by atoms with E-state index in [-0.39, 0.29) is 0 Å². The highest BCUT2D eigenvalue weighted by atomic mass is 32.1. The van der Waals surface area contributed by atoms with Crippen molar-refractivity contribution in [2.45, 2.75) is 6.18 Å². The summed E-state index contributed by atoms with van der Waals surface area (Å²) in [6.45, 7) is 0. The molecule has 0 radical (unpaired) electrons. The molecule has 0 saturated carbocycles. The van der Waals surface area contributed by atoms with Crippen molar-refractivity contribution in [3.05, 3.63) is 0 Å². The quantitative estimate of drug-likeness (QED) is 0.402. The lowest BCUT2D eigenvalue weighted by molar-refractivity contribution is -0.171. The maximum Gasteiger partial charge on any atom is 0.471 e. The molecule has 4 nitrogen and oxygen atoms in total. The predicted molar refractivity (Wildman–Crippen MR) is 39.0 cm³/mol. The zero-order valence-electron chi connectivity index (χ0n) is 5.95. The third-order valence-corrected chi connectivity index (χ3v) is 0.927. The Morgan fingerprint density at radius 3 is 2.25 bits per heavy atom. The van der Waals surface area contributed by atoms with Crippen LogP contribution in [0.3, 0.4) is 0 Å². The number of nitrogens with one attached hydrogen (secondary N) is 3. The van der Waals surface area contributed by atoms with E-state index in [1.165, 1.54) is 12.4 Å². The standard InChI is InChI=1S/C4H6F3N3OS/c1-8-10-3(12)9-2(11)4(5,6)7/h8H,1H3,(H2,9,10,11,12). The molecule has 0 saturated heterocycles. The first-order valence-electron chi connectivity index (χ1n) is 2.73. The topological polar surface area (TPSA) is 53.2 Å². The van der Waals surface area contributed by atoms with Gasteiger partial charge in [0.1, 0.15) is 0 Å². The summed E-state index contributed by atoms with van der Waals surface area (Å²) >= 11 is 4.29. The second-order valence-corrected chi connectivity index (χ2v) is 2.06. The number of hydrogen-bond acceptors (Lipinski definition) is 3. The summed E-state index contributed by atoms with van der Waals surface area (Å²) in [5, 5.41) is 0.984. The van der Waals surface area contributed by atoms with Gasteiger partial charge in [0.05, 0.1) is 0 Å². The van der Waals surface area contributed by atoms with Crippen LogP contribution in [0.2, 0.25) is 0 Å². The lowest BCUT2D eigenvalue weighted by Gasteiger charge is -2.09. The maximum absolute atomic E-state index is 11.5. The second-order valence-electron chi connectivity index (χ2n) is 1.66. The Morgan fingerprint density at radius 2 is 1.92 bits per heavy atom. The van der Waals surface area contributed by atoms with Gasteiger partial charge in [-0.1, -0.05) is 0 Å². The van der Waals surface area contributed by atoms with Crippen molar-refractivity contribution in [3.63, 3.8) is 0 Å². The summed E-state index contributed by atoms with van der Waals surface area (Å²) in [5.74, 6) is -2.10. The van der Waals surface area contributed by atoms with Crippen LogP contribution in [0.15, 0.2) is 0 Å². The molecule has 8 heteroatoms. The van der Waals surface area contributed by atoms with Crippen LogP contribution in [0, 0.1) is 0 Å². The number of halogens is 3. The van der Waals surface area contributed by atoms with E-state index in [0.717, 1.165) is 0 Å². The molecule has 0 aromatic heterocycles. The Kier molecular flexibility index (Phi) is 3.90. The Labute approximate surface area is 71.5 Å². The molecular formula is C4H6F3N3OS. The molecule has 0 fully saturated rings. The number of hydrogen-bond donors (Lipinski definition) is 3. The molecule has 0 rings (SSSR count). The van der Waals surface area contributed by atoms with Crippen LogP contribution in [-0.4, -0.2) is 24.2 Å². The first kappa shape index (κ1) is 11.1. The molecule has 1 amide bonds. The average molecular weight is 201 g/mol. The van der Waals surface area contributed by atoms with E-state index < -0.39 is 17.2 Å². The number of carbonyl (C=O) groups is 1. The van der Waals surface area contributed by atoms with Crippen LogP contribution in [0.4, 0.5) is 13.2 Å². The number of rotatable bonds is 1. The molecule has 0 aromatic rings. The van der Waals surface area contributed by atoms with Gasteiger partial charge in [0.25, 0.3) is 0 Å². The molecule has 12 heavy (non-hydrogen) atoms. The summed E-state index contributed by atoms with van der Waals surface area (Å²) in [4.78, 5) is 10.2. The monoisotopic (exact) mass is 201 g/mol. The van der Waals surface area contributed by atoms with E-state index in [1.807, 2.05) is 0 Å². The van der Waals surface area contributed by atoms with Crippen molar-refractivity contribution in [1.29, 1.82) is 0 Å². The average Bonchev–Trinajstić information content (AvgIpc) is 1.85. The molecule has 70 valence electrons. The molecule has 0 aliphatic carbocycles. The van der Waals surface area contributed by atoms with E-state index in [4.69, 9.17) is 0 Å². The molecule has 0 spiro atoms. The first-order valence-corrected chi connectivity index (χ1v) is 3.13. The van der Waals surface area contributed by atoms with Crippen LogP contribution >= 0.6 is 12.2 Å². The number of amides is 1. The minimum absolute atomic E-state index is 0.431. The number of thiocarbonyl (C=S) groups is 1. The fourth-order valence-electron chi connectivity index (χ4n) is 0.319. The SMILES string of the molecule is CNNC(=S)NC(=O)C(F)(F)F. The fraction of sp³-hybridized carbons (Fsp3) is 0.500. The van der Waals surface area contributed by atoms with Crippen molar-refractivity contribution in [2.75, 3.05) is 7.05 Å². The summed E-state index contributed by atoms with van der Waals surface area (Å²) in [5.41, 5.74) is 4.35. The second kappa shape index (κ2) is 4.21. The molecule has 0 unspecified atom stereocenters. The lowest BCUT2D eigenvalue weighted by atomic mass is 10.6. The van der Waals surface area contributed by atoms with Crippen molar-refractivity contribution < 1.29 is 18.0 Å². The van der Waals surface area contributed by atoms with Gasteiger partial charge >= 0.3 is 12.1 Å². The van der Waals surface area contributed by atoms with Crippen molar-refractivity contribution in [3.8, 4) is 0 Å². The highest BCUT2D eigenvalue weighted by molar-refractivity contribution is 7.80. The molecule has 0 aliphatic heterocycles. The van der Waals surface area contributed by atoms with Crippen LogP contribution in [-0.2, 0) is 4.79 Å². The molecule has 0 bridgehead atoms. The van der Waals surface area contributed by atoms with Crippen LogP contribution in [0.25, 0.3) is 0 Å². The number of carbonyl (C=O) groups excluding carboxylic acids is 1. The summed E-state index contributed by atoms with van der Waals surface area (Å²) in [6.07, 6.45) is -4.92. The third-order valence-electron chi connectivity index (χ3n) is 0.723. The van der Waals surface area contributed by atoms with Gasteiger partial charge in [-0.05, 0) is 12.2 Å². The molecule has 3 N–H and O–H groups in total. The zero-order chi connectivity index (χ0) is 9.78. The minimum atomic E-state index is -4.92. The number of alkyl halides is 3. The Bertz CT molecular complexity index is 192. The fourth-order valence-corrected chi connectivity index (χ4v) is 0.514. The Hall–Kier alpha value is -0.890. The molecule has 0 aromatic carbocycles. The highest BCUT2D eigenvalue weighted by Gasteiger charge is 2.39. The van der Waals surface area contributed by atoms with Gasteiger partial charge < -0.3 is 0 Å². The van der Waals surface area contributed by atoms with E-state index in [0.29, 0.717) is 0 Å². The lowest BCUT2D eigenvalue weighted by Crippen LogP contribution is -2.48. The van der Waals surface area contributed by atoms with Gasteiger partial charge in [-0.15, -0.1) is 0 Å². The molecule has 0 aliphatic rings. The molecule has 0 atom stereocenters. The van der Waals surface area contributed by atoms with Gasteiger partial charge in [0, 0.05) is 7.05 Å². The molecule has 0 heterocycles. The third kappa shape index (κ3) is 4.09. The van der Waals surface area contributed by atoms with Crippen molar-refractivity contribution >= 4 is 23.2 Å². The zero-order valence-corrected chi connectivity index (χ0v) is 6.77. The minimum Gasteiger partial charge on any atom is -0.298 e. The first-order chi connectivity index (χ1) is 5.38. The van der Waals surface area contributed by atoms with Crippen LogP contribution in [0.1, 0.15) is 0 Å². The Balaban J connectivity index is 3.94. The van der Waals surface area contributed by atoms with E-state index >= 15 is 0 Å². The van der Waals surface area contributed by atoms with Gasteiger partial charge in [0.2, 0.25) is 0 Å². The van der Waals surface area contributed by atoms with Gasteiger partial charge in [-0.3, -0.25) is 15.5 Å². The maximum atomic E-state index is 11.5. The normalized spacial score (nSPS) is 10.7. The van der Waals surface area contributed by atoms with E-state index in [9.17, 15) is 18.0 Å². The van der Waals surface area contributed by atoms with Gasteiger partial charge in [-0.2, -0.15) is 13.2 Å². The summed E-state index contributed by atoms with van der Waals surface area (Å²) < 4.78 is 34.6. The smallest absolute Gasteiger partial charge is 0.298 e. The van der Waals surface area contributed by atoms with E-state index in [2.05, 4.69) is 23.1 Å². The predicted octanol–water partition coefficient (Wildman–Crippen LogP) is -0.326. The number of hydrazine groups is 1. The highest BCUT2D eigenvalue weighted by Crippen LogP contribution is 2.13. The molecular weight excluding hydrogens is 195 g/mol. The van der Waals surface area contributed by atoms with Crippen LogP contribution in [0.5, 0.6) is 0 Å². The van der Waals surface area contributed by atoms with Crippen molar-refractivity contribution in [1.82, 2.24) is 16.2 Å². The van der Waals surface area contributed by atoms with Crippen LogP contribution < -0.4 is 16.2 Å². The Morgan fingerprint density at radius 1 is 1.42 bits per heavy atom. The summed E-state index contributed by atoms with van der Waals surface area (Å²) in [6, 6.07) is 0. The van der Waals surface area contributed by atoms with Gasteiger partial charge in [0.15, 0.2) is 5.11 Å².